The molecule has 1 atom stereocenters. The topological polar surface area (TPSA) is 26.0 Å². The van der Waals surface area contributed by atoms with Crippen molar-refractivity contribution in [1.82, 2.24) is 0 Å². The third-order valence-electron chi connectivity index (χ3n) is 1.79. The van der Waals surface area contributed by atoms with Gasteiger partial charge >= 0.3 is 0 Å². The van der Waals surface area contributed by atoms with Crippen LogP contribution in [-0.2, 0) is 0 Å². The van der Waals surface area contributed by atoms with Gasteiger partial charge in [0, 0.05) is 11.6 Å². The van der Waals surface area contributed by atoms with E-state index in [2.05, 4.69) is 5.92 Å². The van der Waals surface area contributed by atoms with Crippen LogP contribution in [0.15, 0.2) is 12.1 Å². The van der Waals surface area contributed by atoms with Crippen LogP contribution in [0, 0.1) is 30.9 Å². The second kappa shape index (κ2) is 3.55. The van der Waals surface area contributed by atoms with Crippen LogP contribution in [-0.4, -0.2) is 0 Å². The molecule has 0 bridgehead atoms. The van der Waals surface area contributed by atoms with E-state index in [9.17, 15) is 8.78 Å². The lowest BCUT2D eigenvalue weighted by Crippen LogP contribution is -2.10. The first-order valence-electron chi connectivity index (χ1n) is 3.73. The molecule has 0 radical (unpaired) electrons. The van der Waals surface area contributed by atoms with Crippen LogP contribution in [0.4, 0.5) is 8.78 Å². The number of halogens is 2. The number of hydrogen-bond acceptors (Lipinski definition) is 1. The summed E-state index contributed by atoms with van der Waals surface area (Å²) in [4.78, 5) is 0. The first kappa shape index (κ1) is 9.69. The van der Waals surface area contributed by atoms with Crippen LogP contribution >= 0.6 is 0 Å². The average Bonchev–Trinajstić information content (AvgIpc) is 2.10. The molecule has 0 aliphatic heterocycles. The first-order chi connectivity index (χ1) is 6.06. The number of nitrogens with two attached hydrogens (primary N) is 1. The van der Waals surface area contributed by atoms with Gasteiger partial charge in [-0.25, -0.2) is 8.78 Å². The maximum Gasteiger partial charge on any atom is 0.131 e. The molecule has 0 aromatic heterocycles. The van der Waals surface area contributed by atoms with Crippen molar-refractivity contribution in [2.45, 2.75) is 13.0 Å². The molecule has 68 valence electrons. The van der Waals surface area contributed by atoms with Crippen LogP contribution in [0.25, 0.3) is 0 Å². The van der Waals surface area contributed by atoms with Crippen molar-refractivity contribution in [3.8, 4) is 12.3 Å². The van der Waals surface area contributed by atoms with Crippen molar-refractivity contribution in [1.29, 1.82) is 0 Å². The van der Waals surface area contributed by atoms with Gasteiger partial charge in [0.05, 0.1) is 6.04 Å². The minimum absolute atomic E-state index is 0.154. The lowest BCUT2D eigenvalue weighted by Gasteiger charge is -2.07. The molecule has 1 unspecified atom stereocenters. The molecule has 0 heterocycles. The van der Waals surface area contributed by atoms with Gasteiger partial charge in [0.25, 0.3) is 0 Å². The number of hydrogen-bond donors (Lipinski definition) is 1. The predicted octanol–water partition coefficient (Wildman–Crippen LogP) is 1.91. The zero-order chi connectivity index (χ0) is 10.0. The van der Waals surface area contributed by atoms with Gasteiger partial charge in [0.2, 0.25) is 0 Å². The molecular formula is C10H9F2N. The fraction of sp³-hybridized carbons (Fsp3) is 0.200. The van der Waals surface area contributed by atoms with Crippen molar-refractivity contribution in [2.24, 2.45) is 5.73 Å². The maximum atomic E-state index is 13.1. The monoisotopic (exact) mass is 181 g/mol. The van der Waals surface area contributed by atoms with Gasteiger partial charge in [-0.1, -0.05) is 5.92 Å². The summed E-state index contributed by atoms with van der Waals surface area (Å²) >= 11 is 0. The highest BCUT2D eigenvalue weighted by Crippen LogP contribution is 2.18. The summed E-state index contributed by atoms with van der Waals surface area (Å²) in [5.74, 6) is 0.891. The van der Waals surface area contributed by atoms with Crippen molar-refractivity contribution < 1.29 is 8.78 Å². The lowest BCUT2D eigenvalue weighted by atomic mass is 10.0. The predicted molar refractivity (Wildman–Crippen MR) is 46.9 cm³/mol. The van der Waals surface area contributed by atoms with E-state index in [1.165, 1.54) is 13.0 Å². The van der Waals surface area contributed by atoms with Crippen molar-refractivity contribution in [2.75, 3.05) is 0 Å². The number of benzene rings is 1. The minimum atomic E-state index is -0.820. The second-order valence-corrected chi connectivity index (χ2v) is 2.77. The Morgan fingerprint density at radius 2 is 2.00 bits per heavy atom. The fourth-order valence-electron chi connectivity index (χ4n) is 1.01. The van der Waals surface area contributed by atoms with Crippen LogP contribution in [0.1, 0.15) is 17.2 Å². The van der Waals surface area contributed by atoms with Gasteiger partial charge in [-0.2, -0.15) is 0 Å². The minimum Gasteiger partial charge on any atom is -0.314 e. The number of terminal acetylenes is 1. The molecule has 0 saturated carbocycles. The van der Waals surface area contributed by atoms with Gasteiger partial charge < -0.3 is 5.73 Å². The second-order valence-electron chi connectivity index (χ2n) is 2.77. The Balaban J connectivity index is 3.25. The normalized spacial score (nSPS) is 12.2. The SMILES string of the molecule is C#CC(N)c1cc(C)c(F)cc1F. The molecule has 0 aliphatic rings. The molecule has 1 aromatic rings. The summed E-state index contributed by atoms with van der Waals surface area (Å²) in [5, 5.41) is 0. The lowest BCUT2D eigenvalue weighted by molar-refractivity contribution is 0.563. The van der Waals surface area contributed by atoms with E-state index in [4.69, 9.17) is 12.2 Å². The van der Waals surface area contributed by atoms with Gasteiger partial charge in [0.1, 0.15) is 11.6 Å². The first-order valence-corrected chi connectivity index (χ1v) is 3.73. The van der Waals surface area contributed by atoms with Crippen molar-refractivity contribution in [3.05, 3.63) is 34.9 Å². The summed E-state index contributed by atoms with van der Waals surface area (Å²) in [6.07, 6.45) is 5.03. The Labute approximate surface area is 75.6 Å². The van der Waals surface area contributed by atoms with E-state index < -0.39 is 17.7 Å². The molecule has 1 nitrogen and oxygen atoms in total. The molecular weight excluding hydrogens is 172 g/mol. The quantitative estimate of drug-likeness (QED) is 0.658. The zero-order valence-electron chi connectivity index (χ0n) is 7.14. The van der Waals surface area contributed by atoms with Crippen molar-refractivity contribution in [3.63, 3.8) is 0 Å². The highest BCUT2D eigenvalue weighted by molar-refractivity contribution is 5.31. The van der Waals surface area contributed by atoms with E-state index in [0.717, 1.165) is 6.07 Å². The molecule has 0 spiro atoms. The van der Waals surface area contributed by atoms with E-state index in [1.54, 1.807) is 0 Å². The molecule has 13 heavy (non-hydrogen) atoms. The van der Waals surface area contributed by atoms with Crippen LogP contribution in [0.3, 0.4) is 0 Å². The summed E-state index contributed by atoms with van der Waals surface area (Å²) < 4.78 is 25.8. The zero-order valence-corrected chi connectivity index (χ0v) is 7.14. The highest BCUT2D eigenvalue weighted by atomic mass is 19.1. The molecule has 0 saturated heterocycles. The average molecular weight is 181 g/mol. The largest absolute Gasteiger partial charge is 0.314 e. The van der Waals surface area contributed by atoms with Crippen LogP contribution in [0.2, 0.25) is 0 Å². The Morgan fingerprint density at radius 1 is 1.38 bits per heavy atom. The van der Waals surface area contributed by atoms with Crippen LogP contribution < -0.4 is 5.73 Å². The van der Waals surface area contributed by atoms with E-state index in [1.807, 2.05) is 0 Å². The van der Waals surface area contributed by atoms with Crippen molar-refractivity contribution >= 4 is 0 Å². The van der Waals surface area contributed by atoms with Crippen LogP contribution in [0.5, 0.6) is 0 Å². The van der Waals surface area contributed by atoms with Gasteiger partial charge in [-0.15, -0.1) is 6.42 Å². The van der Waals surface area contributed by atoms with Gasteiger partial charge in [-0.3, -0.25) is 0 Å². The maximum absolute atomic E-state index is 13.1. The Kier molecular flexibility index (Phi) is 2.64. The Morgan fingerprint density at radius 3 is 2.54 bits per heavy atom. The molecule has 1 rings (SSSR count). The molecule has 0 amide bonds. The Hall–Kier alpha value is -1.40. The Bertz CT molecular complexity index is 366. The number of aryl methyl sites for hydroxylation is 1. The third-order valence-corrected chi connectivity index (χ3v) is 1.79. The molecule has 0 aliphatic carbocycles. The molecule has 0 fully saturated rings. The summed E-state index contributed by atoms with van der Waals surface area (Å²) in [6, 6.07) is 1.30. The standard InChI is InChI=1S/C10H9F2N/c1-3-10(13)7-4-6(2)8(11)5-9(7)12/h1,4-5,10H,13H2,2H3. The van der Waals surface area contributed by atoms with E-state index in [-0.39, 0.29) is 5.56 Å². The summed E-state index contributed by atoms with van der Waals surface area (Å²) in [7, 11) is 0. The number of rotatable bonds is 1. The van der Waals surface area contributed by atoms with E-state index >= 15 is 0 Å². The van der Waals surface area contributed by atoms with Gasteiger partial charge in [-0.05, 0) is 18.6 Å². The fourth-order valence-corrected chi connectivity index (χ4v) is 1.01. The molecule has 3 heteroatoms. The summed E-state index contributed by atoms with van der Waals surface area (Å²) in [6.45, 7) is 1.53. The smallest absolute Gasteiger partial charge is 0.131 e. The van der Waals surface area contributed by atoms with Gasteiger partial charge in [0.15, 0.2) is 0 Å². The summed E-state index contributed by atoms with van der Waals surface area (Å²) in [5.41, 5.74) is 5.90. The van der Waals surface area contributed by atoms with E-state index in [0.29, 0.717) is 5.56 Å². The molecule has 1 aromatic carbocycles. The highest BCUT2D eigenvalue weighted by Gasteiger charge is 2.11. The third kappa shape index (κ3) is 1.85. The molecule has 2 N–H and O–H groups in total.